The molecule has 0 amide bonds. The predicted octanol–water partition coefficient (Wildman–Crippen LogP) is 3.83. The zero-order valence-electron chi connectivity index (χ0n) is 9.08. The van der Waals surface area contributed by atoms with Crippen LogP contribution in [0.4, 0.5) is 0 Å². The zero-order chi connectivity index (χ0) is 10.5. The summed E-state index contributed by atoms with van der Waals surface area (Å²) < 4.78 is 0. The third-order valence-corrected chi connectivity index (χ3v) is 3.95. The Morgan fingerprint density at radius 1 is 1.33 bits per heavy atom. The van der Waals surface area contributed by atoms with Crippen molar-refractivity contribution in [2.75, 3.05) is 0 Å². The first-order chi connectivity index (χ1) is 7.34. The molecule has 2 rings (SSSR count). The van der Waals surface area contributed by atoms with E-state index in [0.717, 1.165) is 6.42 Å². The molecule has 0 aliphatic heterocycles. The highest BCUT2D eigenvalue weighted by atomic mass is 32.1. The van der Waals surface area contributed by atoms with Gasteiger partial charge in [0.25, 0.3) is 0 Å². The minimum atomic E-state index is 0.431. The largest absolute Gasteiger partial charge is 0.299 e. The minimum Gasteiger partial charge on any atom is -0.299 e. The smallest absolute Gasteiger partial charge is 0.137 e. The average molecular weight is 222 g/mol. The maximum Gasteiger partial charge on any atom is 0.137 e. The minimum absolute atomic E-state index is 0.431. The van der Waals surface area contributed by atoms with Crippen molar-refractivity contribution in [1.82, 2.24) is 0 Å². The zero-order valence-corrected chi connectivity index (χ0v) is 9.89. The van der Waals surface area contributed by atoms with Gasteiger partial charge in [0.05, 0.1) is 0 Å². The van der Waals surface area contributed by atoms with Gasteiger partial charge in [0.2, 0.25) is 0 Å². The van der Waals surface area contributed by atoms with E-state index in [9.17, 15) is 4.79 Å². The van der Waals surface area contributed by atoms with Gasteiger partial charge in [-0.1, -0.05) is 32.1 Å². The molecule has 0 spiro atoms. The molecule has 0 aromatic carbocycles. The summed E-state index contributed by atoms with van der Waals surface area (Å²) in [5.74, 6) is 1.12. The molecule has 15 heavy (non-hydrogen) atoms. The van der Waals surface area contributed by atoms with Gasteiger partial charge in [0.1, 0.15) is 5.78 Å². The summed E-state index contributed by atoms with van der Waals surface area (Å²) in [6.07, 6.45) is 8.04. The molecule has 0 bridgehead atoms. The van der Waals surface area contributed by atoms with E-state index in [2.05, 4.69) is 11.4 Å². The predicted molar refractivity (Wildman–Crippen MR) is 64.2 cm³/mol. The maximum atomic E-state index is 11.8. The maximum absolute atomic E-state index is 11.8. The number of Topliss-reactive ketones (excluding diaryl/α,β-unsaturated/α-hetero) is 1. The third-order valence-electron chi connectivity index (χ3n) is 3.22. The molecule has 1 heterocycles. The Morgan fingerprint density at radius 3 is 2.80 bits per heavy atom. The number of thiophene rings is 1. The first-order valence-corrected chi connectivity index (χ1v) is 6.81. The summed E-state index contributed by atoms with van der Waals surface area (Å²) in [5.41, 5.74) is 1.20. The summed E-state index contributed by atoms with van der Waals surface area (Å²) in [6, 6.07) is 2.06. The molecule has 0 atom stereocenters. The van der Waals surface area contributed by atoms with Gasteiger partial charge in [0, 0.05) is 12.8 Å². The summed E-state index contributed by atoms with van der Waals surface area (Å²) in [6.45, 7) is 0. The number of hydrogen-bond donors (Lipinski definition) is 0. The fraction of sp³-hybridized carbons (Fsp3) is 0.615. The van der Waals surface area contributed by atoms with Crippen LogP contribution in [-0.2, 0) is 11.2 Å². The molecule has 2 heteroatoms. The normalized spacial score (nSPS) is 17.9. The van der Waals surface area contributed by atoms with Gasteiger partial charge in [0.15, 0.2) is 0 Å². The standard InChI is InChI=1S/C13H18OS/c14-13(9-12-6-7-15-10-12)8-11-4-2-1-3-5-11/h6-7,10-11H,1-5,8-9H2. The number of carbonyl (C=O) groups excluding carboxylic acids is 1. The summed E-state index contributed by atoms with van der Waals surface area (Å²) in [5, 5.41) is 4.13. The van der Waals surface area contributed by atoms with Crippen molar-refractivity contribution in [2.24, 2.45) is 5.92 Å². The van der Waals surface area contributed by atoms with Gasteiger partial charge < -0.3 is 0 Å². The van der Waals surface area contributed by atoms with E-state index >= 15 is 0 Å². The molecule has 0 radical (unpaired) electrons. The van der Waals surface area contributed by atoms with Crippen molar-refractivity contribution in [3.05, 3.63) is 22.4 Å². The van der Waals surface area contributed by atoms with Gasteiger partial charge in [-0.15, -0.1) is 0 Å². The van der Waals surface area contributed by atoms with Crippen LogP contribution in [0.5, 0.6) is 0 Å². The Hall–Kier alpha value is -0.630. The Morgan fingerprint density at radius 2 is 2.13 bits per heavy atom. The highest BCUT2D eigenvalue weighted by Crippen LogP contribution is 2.26. The lowest BCUT2D eigenvalue weighted by molar-refractivity contribution is -0.119. The number of carbonyl (C=O) groups is 1. The molecule has 1 aromatic rings. The molecule has 0 N–H and O–H groups in total. The van der Waals surface area contributed by atoms with Crippen LogP contribution in [0.15, 0.2) is 16.8 Å². The number of ketones is 1. The summed E-state index contributed by atoms with van der Waals surface area (Å²) in [7, 11) is 0. The van der Waals surface area contributed by atoms with Gasteiger partial charge in [-0.3, -0.25) is 4.79 Å². The van der Waals surface area contributed by atoms with Crippen LogP contribution < -0.4 is 0 Å². The van der Waals surface area contributed by atoms with Gasteiger partial charge in [-0.2, -0.15) is 11.3 Å². The number of hydrogen-bond acceptors (Lipinski definition) is 2. The van der Waals surface area contributed by atoms with E-state index < -0.39 is 0 Å². The first kappa shape index (κ1) is 10.9. The van der Waals surface area contributed by atoms with Crippen molar-refractivity contribution >= 4 is 17.1 Å². The molecule has 0 saturated heterocycles. The van der Waals surface area contributed by atoms with Gasteiger partial charge in [-0.05, 0) is 28.3 Å². The molecular weight excluding hydrogens is 204 g/mol. The lowest BCUT2D eigenvalue weighted by Gasteiger charge is -2.20. The van der Waals surface area contributed by atoms with E-state index in [0.29, 0.717) is 18.1 Å². The van der Waals surface area contributed by atoms with Crippen LogP contribution in [0.25, 0.3) is 0 Å². The number of rotatable bonds is 4. The molecule has 1 aromatic heterocycles. The van der Waals surface area contributed by atoms with Crippen LogP contribution in [-0.4, -0.2) is 5.78 Å². The van der Waals surface area contributed by atoms with E-state index in [1.54, 1.807) is 11.3 Å². The molecule has 0 unspecified atom stereocenters. The van der Waals surface area contributed by atoms with Gasteiger partial charge >= 0.3 is 0 Å². The van der Waals surface area contributed by atoms with E-state index in [1.807, 2.05) is 5.38 Å². The lowest BCUT2D eigenvalue weighted by Crippen LogP contribution is -2.13. The topological polar surface area (TPSA) is 17.1 Å². The van der Waals surface area contributed by atoms with E-state index in [1.165, 1.54) is 37.7 Å². The fourth-order valence-electron chi connectivity index (χ4n) is 2.41. The summed E-state index contributed by atoms with van der Waals surface area (Å²) in [4.78, 5) is 11.8. The van der Waals surface area contributed by atoms with E-state index in [4.69, 9.17) is 0 Å². The Balaban J connectivity index is 1.76. The Bertz CT molecular complexity index is 296. The third kappa shape index (κ3) is 3.45. The fourth-order valence-corrected chi connectivity index (χ4v) is 3.07. The quantitative estimate of drug-likeness (QED) is 0.756. The van der Waals surface area contributed by atoms with Crippen molar-refractivity contribution in [2.45, 2.75) is 44.9 Å². The second-order valence-electron chi connectivity index (χ2n) is 4.56. The molecule has 1 nitrogen and oxygen atoms in total. The Kier molecular flexibility index (Phi) is 3.95. The van der Waals surface area contributed by atoms with Crippen LogP contribution in [0.3, 0.4) is 0 Å². The van der Waals surface area contributed by atoms with Crippen molar-refractivity contribution in [1.29, 1.82) is 0 Å². The summed E-state index contributed by atoms with van der Waals surface area (Å²) >= 11 is 1.68. The monoisotopic (exact) mass is 222 g/mol. The molecule has 82 valence electrons. The molecule has 1 fully saturated rings. The Labute approximate surface area is 95.5 Å². The molecule has 1 aliphatic rings. The highest BCUT2D eigenvalue weighted by molar-refractivity contribution is 7.07. The van der Waals surface area contributed by atoms with Crippen molar-refractivity contribution in [3.63, 3.8) is 0 Å². The lowest BCUT2D eigenvalue weighted by atomic mass is 9.85. The first-order valence-electron chi connectivity index (χ1n) is 5.87. The second-order valence-corrected chi connectivity index (χ2v) is 5.34. The van der Waals surface area contributed by atoms with Crippen molar-refractivity contribution in [3.8, 4) is 0 Å². The second kappa shape index (κ2) is 5.45. The van der Waals surface area contributed by atoms with Crippen molar-refractivity contribution < 1.29 is 4.79 Å². The average Bonchev–Trinajstić information content (AvgIpc) is 2.71. The molecule has 1 aliphatic carbocycles. The van der Waals surface area contributed by atoms with Gasteiger partial charge in [-0.25, -0.2) is 0 Å². The SMILES string of the molecule is O=C(Cc1ccsc1)CC1CCCCC1. The molecule has 1 saturated carbocycles. The molecular formula is C13H18OS. The van der Waals surface area contributed by atoms with Crippen LogP contribution in [0.2, 0.25) is 0 Å². The van der Waals surface area contributed by atoms with Crippen LogP contribution in [0, 0.1) is 5.92 Å². The highest BCUT2D eigenvalue weighted by Gasteiger charge is 2.16. The van der Waals surface area contributed by atoms with Crippen LogP contribution in [0.1, 0.15) is 44.1 Å². The van der Waals surface area contributed by atoms with Crippen LogP contribution >= 0.6 is 11.3 Å². The van der Waals surface area contributed by atoms with E-state index in [-0.39, 0.29) is 0 Å².